The second kappa shape index (κ2) is 7.25. The predicted octanol–water partition coefficient (Wildman–Crippen LogP) is 2.66. The van der Waals surface area contributed by atoms with Crippen LogP contribution in [-0.2, 0) is 9.47 Å². The van der Waals surface area contributed by atoms with Gasteiger partial charge in [-0.3, -0.25) is 4.90 Å². The van der Waals surface area contributed by atoms with E-state index in [2.05, 4.69) is 4.90 Å². The largest absolute Gasteiger partial charge is 0.492 e. The van der Waals surface area contributed by atoms with E-state index in [1.54, 1.807) is 6.07 Å². The highest BCUT2D eigenvalue weighted by Crippen LogP contribution is 2.37. The first-order valence-electron chi connectivity index (χ1n) is 8.64. The summed E-state index contributed by atoms with van der Waals surface area (Å²) in [5.41, 5.74) is 2.47. The number of esters is 1. The van der Waals surface area contributed by atoms with E-state index in [0.29, 0.717) is 12.2 Å². The summed E-state index contributed by atoms with van der Waals surface area (Å²) >= 11 is 0. The molecule has 0 saturated carbocycles. The predicted molar refractivity (Wildman–Crippen MR) is 92.9 cm³/mol. The minimum Gasteiger partial charge on any atom is -0.492 e. The van der Waals surface area contributed by atoms with Crippen molar-refractivity contribution in [2.75, 3.05) is 39.5 Å². The van der Waals surface area contributed by atoms with Gasteiger partial charge in [0.1, 0.15) is 12.4 Å². The van der Waals surface area contributed by atoms with Crippen molar-refractivity contribution in [2.45, 2.75) is 6.10 Å². The second-order valence-corrected chi connectivity index (χ2v) is 6.25. The smallest absolute Gasteiger partial charge is 0.339 e. The Morgan fingerprint density at radius 2 is 1.88 bits per heavy atom. The van der Waals surface area contributed by atoms with Gasteiger partial charge in [0.05, 0.1) is 18.8 Å². The molecule has 0 spiro atoms. The molecule has 5 heteroatoms. The number of carbonyl (C=O) groups excluding carboxylic acids is 1. The molecule has 0 aliphatic carbocycles. The molecule has 2 aliphatic heterocycles. The third-order valence-electron chi connectivity index (χ3n) is 4.63. The fourth-order valence-corrected chi connectivity index (χ4v) is 3.26. The molecular formula is C20H21NO4. The molecule has 0 amide bonds. The number of ether oxygens (including phenoxy) is 3. The summed E-state index contributed by atoms with van der Waals surface area (Å²) in [4.78, 5) is 14.4. The van der Waals surface area contributed by atoms with Crippen LogP contribution in [0.1, 0.15) is 27.6 Å². The number of rotatable bonds is 5. The molecule has 2 heterocycles. The first-order valence-corrected chi connectivity index (χ1v) is 8.64. The molecule has 1 atom stereocenters. The fourth-order valence-electron chi connectivity index (χ4n) is 3.26. The Labute approximate surface area is 147 Å². The lowest BCUT2D eigenvalue weighted by Gasteiger charge is -2.26. The van der Waals surface area contributed by atoms with Gasteiger partial charge in [-0.15, -0.1) is 0 Å². The lowest BCUT2D eigenvalue weighted by Crippen LogP contribution is -2.38. The van der Waals surface area contributed by atoms with Crippen LogP contribution in [0.4, 0.5) is 0 Å². The van der Waals surface area contributed by atoms with E-state index in [-0.39, 0.29) is 12.1 Å². The number of hydrogen-bond donors (Lipinski definition) is 0. The van der Waals surface area contributed by atoms with E-state index in [9.17, 15) is 4.79 Å². The third kappa shape index (κ3) is 3.52. The van der Waals surface area contributed by atoms with Gasteiger partial charge in [0.25, 0.3) is 0 Å². The Hall–Kier alpha value is -2.37. The number of benzene rings is 2. The van der Waals surface area contributed by atoms with Gasteiger partial charge in [0.2, 0.25) is 0 Å². The zero-order valence-corrected chi connectivity index (χ0v) is 14.0. The summed E-state index contributed by atoms with van der Waals surface area (Å²) in [6.07, 6.45) is -0.355. The molecule has 0 aromatic heterocycles. The van der Waals surface area contributed by atoms with E-state index in [4.69, 9.17) is 14.2 Å². The summed E-state index contributed by atoms with van der Waals surface area (Å²) in [5.74, 6) is 0.495. The van der Waals surface area contributed by atoms with Gasteiger partial charge in [-0.05, 0) is 23.8 Å². The van der Waals surface area contributed by atoms with Crippen molar-refractivity contribution in [3.8, 4) is 5.75 Å². The van der Waals surface area contributed by atoms with Crippen LogP contribution in [-0.4, -0.2) is 50.3 Å². The number of fused-ring (bicyclic) bond motifs is 1. The Kier molecular flexibility index (Phi) is 4.68. The van der Waals surface area contributed by atoms with Crippen LogP contribution in [0.2, 0.25) is 0 Å². The summed E-state index contributed by atoms with van der Waals surface area (Å²) < 4.78 is 16.8. The number of nitrogens with zero attached hydrogens (tertiary/aromatic N) is 1. The summed E-state index contributed by atoms with van der Waals surface area (Å²) in [7, 11) is 0. The van der Waals surface area contributed by atoms with Gasteiger partial charge in [-0.2, -0.15) is 0 Å². The molecule has 1 saturated heterocycles. The van der Waals surface area contributed by atoms with Crippen molar-refractivity contribution < 1.29 is 19.0 Å². The van der Waals surface area contributed by atoms with Crippen LogP contribution in [0.3, 0.4) is 0 Å². The Morgan fingerprint density at radius 3 is 2.68 bits per heavy atom. The number of cyclic esters (lactones) is 1. The lowest BCUT2D eigenvalue weighted by atomic mass is 9.99. The van der Waals surface area contributed by atoms with E-state index >= 15 is 0 Å². The molecule has 1 unspecified atom stereocenters. The number of morpholine rings is 1. The lowest BCUT2D eigenvalue weighted by molar-refractivity contribution is 0.0322. The van der Waals surface area contributed by atoms with Gasteiger partial charge >= 0.3 is 5.97 Å². The van der Waals surface area contributed by atoms with Crippen molar-refractivity contribution in [3.05, 3.63) is 65.2 Å². The van der Waals surface area contributed by atoms with E-state index in [1.165, 1.54) is 0 Å². The molecule has 0 bridgehead atoms. The van der Waals surface area contributed by atoms with Crippen LogP contribution in [0.15, 0.2) is 48.5 Å². The Bertz CT molecular complexity index is 741. The molecule has 4 rings (SSSR count). The normalized spacial score (nSPS) is 20.2. The van der Waals surface area contributed by atoms with Gasteiger partial charge in [0, 0.05) is 25.2 Å². The fraction of sp³-hybridized carbons (Fsp3) is 0.350. The van der Waals surface area contributed by atoms with Crippen LogP contribution in [0, 0.1) is 0 Å². The average Bonchev–Trinajstić information content (AvgIpc) is 3.00. The minimum atomic E-state index is -0.355. The highest BCUT2D eigenvalue weighted by Gasteiger charge is 2.32. The van der Waals surface area contributed by atoms with E-state index in [1.807, 2.05) is 42.5 Å². The first kappa shape index (κ1) is 16.1. The zero-order valence-electron chi connectivity index (χ0n) is 14.0. The molecule has 1 fully saturated rings. The number of hydrogen-bond acceptors (Lipinski definition) is 5. The molecule has 0 radical (unpaired) electrons. The maximum absolute atomic E-state index is 12.1. The molecule has 25 heavy (non-hydrogen) atoms. The van der Waals surface area contributed by atoms with Gasteiger partial charge < -0.3 is 14.2 Å². The molecule has 5 nitrogen and oxygen atoms in total. The second-order valence-electron chi connectivity index (χ2n) is 6.25. The third-order valence-corrected chi connectivity index (χ3v) is 4.63. The van der Waals surface area contributed by atoms with Crippen LogP contribution >= 0.6 is 0 Å². The quantitative estimate of drug-likeness (QED) is 0.784. The van der Waals surface area contributed by atoms with Crippen LogP contribution in [0.25, 0.3) is 0 Å². The van der Waals surface area contributed by atoms with Gasteiger partial charge in [0.15, 0.2) is 6.10 Å². The molecule has 2 aliphatic rings. The maximum Gasteiger partial charge on any atom is 0.339 e. The van der Waals surface area contributed by atoms with Crippen LogP contribution in [0.5, 0.6) is 5.75 Å². The standard InChI is InChI=1S/C20H21NO4/c22-20-17-7-6-16(24-13-10-21-8-11-23-12-9-21)14-18(17)19(25-20)15-4-2-1-3-5-15/h1-7,14,19H,8-13H2. The van der Waals surface area contributed by atoms with Crippen molar-refractivity contribution in [1.29, 1.82) is 0 Å². The summed E-state index contributed by atoms with van der Waals surface area (Å²) in [6.45, 7) is 4.97. The topological polar surface area (TPSA) is 48.0 Å². The highest BCUT2D eigenvalue weighted by molar-refractivity contribution is 5.94. The molecule has 2 aromatic rings. The number of carbonyl (C=O) groups is 1. The molecule has 2 aromatic carbocycles. The molecular weight excluding hydrogens is 318 g/mol. The summed E-state index contributed by atoms with van der Waals surface area (Å²) in [5, 5.41) is 0. The Balaban J connectivity index is 1.46. The van der Waals surface area contributed by atoms with Crippen molar-refractivity contribution in [1.82, 2.24) is 4.90 Å². The molecule has 130 valence electrons. The van der Waals surface area contributed by atoms with Crippen molar-refractivity contribution in [3.63, 3.8) is 0 Å². The van der Waals surface area contributed by atoms with Gasteiger partial charge in [-0.1, -0.05) is 30.3 Å². The maximum atomic E-state index is 12.1. The SMILES string of the molecule is O=C1OC(c2ccccc2)c2cc(OCCN3CCOCC3)ccc21. The van der Waals surface area contributed by atoms with Gasteiger partial charge in [-0.25, -0.2) is 4.79 Å². The first-order chi connectivity index (χ1) is 12.3. The average molecular weight is 339 g/mol. The van der Waals surface area contributed by atoms with Crippen molar-refractivity contribution >= 4 is 5.97 Å². The Morgan fingerprint density at radius 1 is 1.08 bits per heavy atom. The van der Waals surface area contributed by atoms with E-state index < -0.39 is 0 Å². The highest BCUT2D eigenvalue weighted by atomic mass is 16.5. The molecule has 0 N–H and O–H groups in total. The monoisotopic (exact) mass is 339 g/mol. The van der Waals surface area contributed by atoms with Crippen molar-refractivity contribution in [2.24, 2.45) is 0 Å². The van der Waals surface area contributed by atoms with Crippen LogP contribution < -0.4 is 4.74 Å². The van der Waals surface area contributed by atoms with E-state index in [0.717, 1.165) is 49.7 Å². The zero-order chi connectivity index (χ0) is 17.1. The summed E-state index contributed by atoms with van der Waals surface area (Å²) in [6, 6.07) is 15.4. The minimum absolute atomic E-state index is 0.274.